The second-order valence-corrected chi connectivity index (χ2v) is 8.10. The van der Waals surface area contributed by atoms with E-state index in [-0.39, 0.29) is 18.0 Å². The van der Waals surface area contributed by atoms with Gasteiger partial charge < -0.3 is 10.1 Å². The normalized spacial score (nSPS) is 17.9. The number of nitrogens with one attached hydrogen (secondary N) is 1. The third kappa shape index (κ3) is 4.07. The molecule has 0 radical (unpaired) electrons. The van der Waals surface area contributed by atoms with Crippen LogP contribution in [0, 0.1) is 0 Å². The first-order valence-electron chi connectivity index (χ1n) is 10.5. The topological polar surface area (TPSA) is 72.3 Å². The number of benzene rings is 2. The van der Waals surface area contributed by atoms with Gasteiger partial charge >= 0.3 is 0 Å². The molecule has 30 heavy (non-hydrogen) atoms. The van der Waals surface area contributed by atoms with Crippen LogP contribution in [0.3, 0.4) is 0 Å². The molecular weight excluding hydrogens is 378 g/mol. The lowest BCUT2D eigenvalue weighted by atomic mass is 10.0. The van der Waals surface area contributed by atoms with Crippen molar-refractivity contribution in [3.8, 4) is 11.5 Å². The molecular formula is C23H25N5O2. The summed E-state index contributed by atoms with van der Waals surface area (Å²) in [5.74, 6) is 1.52. The molecule has 2 heterocycles. The van der Waals surface area contributed by atoms with Crippen molar-refractivity contribution >= 4 is 5.91 Å². The summed E-state index contributed by atoms with van der Waals surface area (Å²) < 4.78 is 7.66. The van der Waals surface area contributed by atoms with Crippen LogP contribution < -0.4 is 10.1 Å². The Morgan fingerprint density at radius 2 is 1.77 bits per heavy atom. The zero-order valence-electron chi connectivity index (χ0n) is 16.9. The average Bonchev–Trinajstić information content (AvgIpc) is 3.47. The molecule has 1 saturated carbocycles. The molecule has 1 aromatic heterocycles. The number of carbonyl (C=O) groups excluding carboxylic acids is 1. The Hall–Kier alpha value is -3.19. The van der Waals surface area contributed by atoms with Gasteiger partial charge in [-0.05, 0) is 49.6 Å². The highest BCUT2D eigenvalue weighted by atomic mass is 16.5. The van der Waals surface area contributed by atoms with Crippen molar-refractivity contribution < 1.29 is 9.53 Å². The van der Waals surface area contributed by atoms with E-state index in [1.54, 1.807) is 10.9 Å². The Morgan fingerprint density at radius 1 is 1.07 bits per heavy atom. The van der Waals surface area contributed by atoms with Crippen LogP contribution in [0.1, 0.15) is 47.9 Å². The van der Waals surface area contributed by atoms with Crippen molar-refractivity contribution in [3.05, 3.63) is 72.1 Å². The minimum absolute atomic E-state index is 0.137. The maximum atomic E-state index is 12.4. The minimum atomic E-state index is -0.137. The maximum absolute atomic E-state index is 12.4. The van der Waals surface area contributed by atoms with Gasteiger partial charge in [-0.15, -0.1) is 5.10 Å². The summed E-state index contributed by atoms with van der Waals surface area (Å²) in [4.78, 5) is 14.7. The molecule has 1 aliphatic carbocycles. The van der Waals surface area contributed by atoms with Crippen LogP contribution in [0.4, 0.5) is 0 Å². The van der Waals surface area contributed by atoms with Gasteiger partial charge in [0.15, 0.2) is 5.69 Å². The van der Waals surface area contributed by atoms with Crippen LogP contribution in [-0.2, 0) is 0 Å². The number of aromatic nitrogens is 3. The Kier molecular flexibility index (Phi) is 4.96. The van der Waals surface area contributed by atoms with Gasteiger partial charge in [-0.2, -0.15) is 0 Å². The maximum Gasteiger partial charge on any atom is 0.273 e. The zero-order valence-corrected chi connectivity index (χ0v) is 16.9. The number of hydrogen-bond donors (Lipinski definition) is 1. The molecule has 154 valence electrons. The van der Waals surface area contributed by atoms with Crippen molar-refractivity contribution in [2.45, 2.75) is 37.9 Å². The molecule has 0 bridgehead atoms. The van der Waals surface area contributed by atoms with E-state index in [1.807, 2.05) is 42.5 Å². The van der Waals surface area contributed by atoms with Crippen LogP contribution in [-0.4, -0.2) is 44.9 Å². The first-order chi connectivity index (χ1) is 14.7. The number of para-hydroxylation sites is 1. The molecule has 1 atom stereocenters. The minimum Gasteiger partial charge on any atom is -0.457 e. The van der Waals surface area contributed by atoms with Crippen molar-refractivity contribution in [1.82, 2.24) is 25.2 Å². The lowest BCUT2D eigenvalue weighted by Gasteiger charge is -2.43. The highest BCUT2D eigenvalue weighted by Crippen LogP contribution is 2.33. The van der Waals surface area contributed by atoms with Crippen molar-refractivity contribution in [3.63, 3.8) is 0 Å². The Morgan fingerprint density at radius 3 is 2.47 bits per heavy atom. The monoisotopic (exact) mass is 403 g/mol. The fraction of sp³-hybridized carbons (Fsp3) is 0.348. The van der Waals surface area contributed by atoms with E-state index >= 15 is 0 Å². The molecule has 5 rings (SSSR count). The largest absolute Gasteiger partial charge is 0.457 e. The number of rotatable bonds is 7. The summed E-state index contributed by atoms with van der Waals surface area (Å²) in [6.07, 6.45) is 4.00. The molecule has 1 aliphatic heterocycles. The van der Waals surface area contributed by atoms with Gasteiger partial charge in [0.2, 0.25) is 0 Å². The Balaban J connectivity index is 1.11. The number of amides is 1. The van der Waals surface area contributed by atoms with E-state index in [2.05, 4.69) is 39.6 Å². The van der Waals surface area contributed by atoms with E-state index < -0.39 is 0 Å². The highest BCUT2D eigenvalue weighted by Gasteiger charge is 2.33. The zero-order chi connectivity index (χ0) is 20.5. The van der Waals surface area contributed by atoms with Crippen LogP contribution in [0.2, 0.25) is 0 Å². The molecule has 2 aliphatic rings. The number of carbonyl (C=O) groups is 1. The molecule has 1 N–H and O–H groups in total. The highest BCUT2D eigenvalue weighted by molar-refractivity contribution is 5.92. The summed E-state index contributed by atoms with van der Waals surface area (Å²) in [7, 11) is 0. The predicted octanol–water partition coefficient (Wildman–Crippen LogP) is 3.58. The van der Waals surface area contributed by atoms with Gasteiger partial charge in [0.05, 0.1) is 18.3 Å². The second-order valence-electron chi connectivity index (χ2n) is 8.10. The summed E-state index contributed by atoms with van der Waals surface area (Å²) in [6.45, 7) is 3.84. The smallest absolute Gasteiger partial charge is 0.273 e. The summed E-state index contributed by atoms with van der Waals surface area (Å²) in [6, 6.07) is 18.8. The third-order valence-corrected chi connectivity index (χ3v) is 5.80. The molecule has 2 fully saturated rings. The summed E-state index contributed by atoms with van der Waals surface area (Å²) in [5.41, 5.74) is 1.63. The Bertz CT molecular complexity index is 1010. The average molecular weight is 403 g/mol. The van der Waals surface area contributed by atoms with E-state index in [9.17, 15) is 4.79 Å². The predicted molar refractivity (Wildman–Crippen MR) is 112 cm³/mol. The summed E-state index contributed by atoms with van der Waals surface area (Å²) >= 11 is 0. The molecule has 1 amide bonds. The Labute approximate surface area is 175 Å². The molecule has 3 aromatic rings. The molecule has 2 aromatic carbocycles. The van der Waals surface area contributed by atoms with Crippen molar-refractivity contribution in [2.24, 2.45) is 0 Å². The van der Waals surface area contributed by atoms with Crippen LogP contribution >= 0.6 is 0 Å². The number of likely N-dealkylation sites (tertiary alicyclic amines) is 1. The van der Waals surface area contributed by atoms with Gasteiger partial charge in [-0.1, -0.05) is 35.5 Å². The van der Waals surface area contributed by atoms with Gasteiger partial charge in [-0.25, -0.2) is 4.68 Å². The SMILES string of the molecule is CC(c1ccc(Oc2ccccc2)cc1)N1CC(NC(=O)c2cn(C3CC3)nn2)C1. The van der Waals surface area contributed by atoms with Gasteiger partial charge in [0, 0.05) is 19.1 Å². The van der Waals surface area contributed by atoms with Gasteiger partial charge in [-0.3, -0.25) is 9.69 Å². The van der Waals surface area contributed by atoms with Crippen molar-refractivity contribution in [2.75, 3.05) is 13.1 Å². The second kappa shape index (κ2) is 7.91. The molecule has 0 spiro atoms. The van der Waals surface area contributed by atoms with E-state index in [0.29, 0.717) is 11.7 Å². The lowest BCUT2D eigenvalue weighted by molar-refractivity contribution is 0.0672. The van der Waals surface area contributed by atoms with Gasteiger partial charge in [0.1, 0.15) is 11.5 Å². The fourth-order valence-electron chi connectivity index (χ4n) is 3.73. The first kappa shape index (κ1) is 18.8. The van der Waals surface area contributed by atoms with Crippen LogP contribution in [0.25, 0.3) is 0 Å². The van der Waals surface area contributed by atoms with E-state index in [0.717, 1.165) is 37.4 Å². The summed E-state index contributed by atoms with van der Waals surface area (Å²) in [5, 5.41) is 11.1. The quantitative estimate of drug-likeness (QED) is 0.653. The molecule has 7 heteroatoms. The number of nitrogens with zero attached hydrogens (tertiary/aromatic N) is 4. The van der Waals surface area contributed by atoms with E-state index in [1.165, 1.54) is 5.56 Å². The first-order valence-corrected chi connectivity index (χ1v) is 10.5. The standard InChI is InChI=1S/C23H25N5O2/c1-16(17-7-11-21(12-8-17)30-20-5-3-2-4-6-20)27-13-18(14-27)24-23(29)22-15-28(26-25-22)19-9-10-19/h2-8,11-12,15-16,18-19H,9-10,13-14H2,1H3,(H,24,29). The van der Waals surface area contributed by atoms with Crippen LogP contribution in [0.15, 0.2) is 60.8 Å². The van der Waals surface area contributed by atoms with E-state index in [4.69, 9.17) is 4.74 Å². The third-order valence-electron chi connectivity index (χ3n) is 5.80. The molecule has 1 unspecified atom stereocenters. The van der Waals surface area contributed by atoms with Gasteiger partial charge in [0.25, 0.3) is 5.91 Å². The number of ether oxygens (including phenoxy) is 1. The fourth-order valence-corrected chi connectivity index (χ4v) is 3.73. The molecule has 1 saturated heterocycles. The molecule has 7 nitrogen and oxygen atoms in total. The lowest BCUT2D eigenvalue weighted by Crippen LogP contribution is -2.59. The number of hydrogen-bond acceptors (Lipinski definition) is 5. The van der Waals surface area contributed by atoms with Crippen LogP contribution in [0.5, 0.6) is 11.5 Å². The van der Waals surface area contributed by atoms with Crippen molar-refractivity contribution in [1.29, 1.82) is 0 Å².